The number of nitrogens with zero attached hydrogens (tertiary/aromatic N) is 1. The van der Waals surface area contributed by atoms with Gasteiger partial charge in [0.2, 0.25) is 11.8 Å². The van der Waals surface area contributed by atoms with Gasteiger partial charge in [-0.25, -0.2) is 0 Å². The van der Waals surface area contributed by atoms with Crippen LogP contribution in [0.1, 0.15) is 25.5 Å². The van der Waals surface area contributed by atoms with Crippen molar-refractivity contribution in [3.8, 4) is 0 Å². The Morgan fingerprint density at radius 3 is 2.82 bits per heavy atom. The number of hydrogen-bond donors (Lipinski definition) is 2. The predicted octanol–water partition coefficient (Wildman–Crippen LogP) is 1.76. The molecule has 122 valence electrons. The van der Waals surface area contributed by atoms with Crippen LogP contribution in [0.25, 0.3) is 0 Å². The molecule has 2 amide bonds. The number of benzene rings is 1. The van der Waals surface area contributed by atoms with Gasteiger partial charge in [0.25, 0.3) is 0 Å². The first-order valence-electron chi connectivity index (χ1n) is 7.03. The summed E-state index contributed by atoms with van der Waals surface area (Å²) in [5.74, 6) is -0.276. The largest absolute Gasteiger partial charge is 0.345 e. The monoisotopic (exact) mass is 345 g/mol. The lowest BCUT2D eigenvalue weighted by atomic mass is 10.0. The van der Waals surface area contributed by atoms with Crippen molar-refractivity contribution in [2.45, 2.75) is 25.9 Å². The molecule has 1 aliphatic heterocycles. The molecule has 7 heteroatoms. The minimum Gasteiger partial charge on any atom is -0.345 e. The van der Waals surface area contributed by atoms with E-state index in [9.17, 15) is 9.59 Å². The molecule has 0 spiro atoms. The highest BCUT2D eigenvalue weighted by Gasteiger charge is 2.30. The molecule has 1 aliphatic rings. The van der Waals surface area contributed by atoms with E-state index < -0.39 is 6.04 Å². The van der Waals surface area contributed by atoms with Crippen molar-refractivity contribution in [1.82, 2.24) is 15.5 Å². The molecule has 2 N–H and O–H groups in total. The zero-order chi connectivity index (χ0) is 15.4. The van der Waals surface area contributed by atoms with Gasteiger partial charge in [-0.05, 0) is 24.6 Å². The molecular weight excluding hydrogens is 325 g/mol. The number of amides is 2. The Morgan fingerprint density at radius 2 is 2.18 bits per heavy atom. The molecule has 2 rings (SSSR count). The van der Waals surface area contributed by atoms with Crippen LogP contribution in [-0.2, 0) is 9.59 Å². The maximum Gasteiger partial charge on any atom is 0.245 e. The predicted molar refractivity (Wildman–Crippen MR) is 89.3 cm³/mol. The van der Waals surface area contributed by atoms with Gasteiger partial charge >= 0.3 is 0 Å². The van der Waals surface area contributed by atoms with Crippen LogP contribution >= 0.6 is 24.0 Å². The van der Waals surface area contributed by atoms with Crippen LogP contribution in [0.2, 0.25) is 5.02 Å². The number of piperazine rings is 1. The summed E-state index contributed by atoms with van der Waals surface area (Å²) in [6, 6.07) is 6.94. The SMILES string of the molecule is CC(=O)NC(C)C(=O)N1CCNCC1c1cccc(Cl)c1.Cl. The summed E-state index contributed by atoms with van der Waals surface area (Å²) in [6.45, 7) is 5.16. The summed E-state index contributed by atoms with van der Waals surface area (Å²) >= 11 is 6.04. The number of carbonyl (C=O) groups is 2. The van der Waals surface area contributed by atoms with Crippen LogP contribution in [0.5, 0.6) is 0 Å². The molecule has 1 fully saturated rings. The lowest BCUT2D eigenvalue weighted by molar-refractivity contribution is -0.138. The Morgan fingerprint density at radius 1 is 1.45 bits per heavy atom. The molecule has 1 heterocycles. The Kier molecular flexibility index (Phi) is 7.13. The maximum atomic E-state index is 12.6. The van der Waals surface area contributed by atoms with Crippen molar-refractivity contribution in [1.29, 1.82) is 0 Å². The molecule has 1 aromatic rings. The molecule has 2 unspecified atom stereocenters. The average Bonchev–Trinajstić information content (AvgIpc) is 2.45. The van der Waals surface area contributed by atoms with Crippen molar-refractivity contribution in [3.63, 3.8) is 0 Å². The van der Waals surface area contributed by atoms with Gasteiger partial charge in [-0.3, -0.25) is 9.59 Å². The fourth-order valence-electron chi connectivity index (χ4n) is 2.60. The van der Waals surface area contributed by atoms with E-state index in [1.54, 1.807) is 6.92 Å². The Hall–Kier alpha value is -1.30. The first-order chi connectivity index (χ1) is 9.99. The summed E-state index contributed by atoms with van der Waals surface area (Å²) in [5, 5.41) is 6.59. The van der Waals surface area contributed by atoms with Crippen molar-refractivity contribution in [3.05, 3.63) is 34.9 Å². The van der Waals surface area contributed by atoms with E-state index in [1.165, 1.54) is 6.92 Å². The normalized spacial score (nSPS) is 19.0. The zero-order valence-electron chi connectivity index (χ0n) is 12.6. The zero-order valence-corrected chi connectivity index (χ0v) is 14.2. The van der Waals surface area contributed by atoms with Gasteiger partial charge in [0, 0.05) is 31.6 Å². The second-order valence-corrected chi connectivity index (χ2v) is 5.67. The molecule has 5 nitrogen and oxygen atoms in total. The fourth-order valence-corrected chi connectivity index (χ4v) is 2.79. The van der Waals surface area contributed by atoms with Crippen LogP contribution in [0.15, 0.2) is 24.3 Å². The molecule has 1 saturated heterocycles. The maximum absolute atomic E-state index is 12.6. The lowest BCUT2D eigenvalue weighted by Gasteiger charge is -2.38. The van der Waals surface area contributed by atoms with Gasteiger partial charge in [-0.1, -0.05) is 23.7 Å². The van der Waals surface area contributed by atoms with Crippen molar-refractivity contribution in [2.75, 3.05) is 19.6 Å². The van der Waals surface area contributed by atoms with Crippen LogP contribution in [0.3, 0.4) is 0 Å². The van der Waals surface area contributed by atoms with E-state index in [4.69, 9.17) is 11.6 Å². The second-order valence-electron chi connectivity index (χ2n) is 5.23. The molecule has 0 aromatic heterocycles. The molecule has 1 aromatic carbocycles. The van der Waals surface area contributed by atoms with Crippen LogP contribution in [-0.4, -0.2) is 42.4 Å². The third kappa shape index (κ3) is 4.60. The lowest BCUT2D eigenvalue weighted by Crippen LogP contribution is -2.54. The van der Waals surface area contributed by atoms with Crippen LogP contribution < -0.4 is 10.6 Å². The Bertz CT molecular complexity index is 539. The average molecular weight is 346 g/mol. The quantitative estimate of drug-likeness (QED) is 0.877. The fraction of sp³-hybridized carbons (Fsp3) is 0.467. The van der Waals surface area contributed by atoms with Gasteiger partial charge in [0.1, 0.15) is 6.04 Å². The summed E-state index contributed by atoms with van der Waals surface area (Å²) in [6.07, 6.45) is 0. The van der Waals surface area contributed by atoms with Crippen molar-refractivity contribution in [2.24, 2.45) is 0 Å². The van der Waals surface area contributed by atoms with E-state index in [-0.39, 0.29) is 30.3 Å². The van der Waals surface area contributed by atoms with E-state index in [2.05, 4.69) is 10.6 Å². The first-order valence-corrected chi connectivity index (χ1v) is 7.40. The molecule has 0 saturated carbocycles. The minimum absolute atomic E-state index is 0. The summed E-state index contributed by atoms with van der Waals surface area (Å²) in [4.78, 5) is 25.5. The van der Waals surface area contributed by atoms with Gasteiger partial charge in [-0.15, -0.1) is 12.4 Å². The topological polar surface area (TPSA) is 61.4 Å². The highest BCUT2D eigenvalue weighted by Crippen LogP contribution is 2.25. The third-order valence-electron chi connectivity index (χ3n) is 3.55. The number of halogens is 2. The molecule has 0 bridgehead atoms. The summed E-state index contributed by atoms with van der Waals surface area (Å²) in [7, 11) is 0. The van der Waals surface area contributed by atoms with Crippen molar-refractivity contribution < 1.29 is 9.59 Å². The van der Waals surface area contributed by atoms with Gasteiger partial charge in [0.05, 0.1) is 6.04 Å². The Balaban J connectivity index is 0.00000242. The van der Waals surface area contributed by atoms with Crippen molar-refractivity contribution >= 4 is 35.8 Å². The molecule has 2 atom stereocenters. The first kappa shape index (κ1) is 18.7. The van der Waals surface area contributed by atoms with Crippen LogP contribution in [0, 0.1) is 0 Å². The number of carbonyl (C=O) groups excluding carboxylic acids is 2. The molecule has 0 aliphatic carbocycles. The molecule has 0 radical (unpaired) electrons. The number of hydrogen-bond acceptors (Lipinski definition) is 3. The smallest absolute Gasteiger partial charge is 0.245 e. The molecule has 22 heavy (non-hydrogen) atoms. The number of nitrogens with one attached hydrogen (secondary N) is 2. The summed E-state index contributed by atoms with van der Waals surface area (Å²) < 4.78 is 0. The van der Waals surface area contributed by atoms with E-state index >= 15 is 0 Å². The van der Waals surface area contributed by atoms with E-state index in [0.717, 1.165) is 12.1 Å². The highest BCUT2D eigenvalue weighted by molar-refractivity contribution is 6.30. The van der Waals surface area contributed by atoms with E-state index in [1.807, 2.05) is 29.2 Å². The van der Waals surface area contributed by atoms with E-state index in [0.29, 0.717) is 18.1 Å². The van der Waals surface area contributed by atoms with Gasteiger partial charge in [-0.2, -0.15) is 0 Å². The van der Waals surface area contributed by atoms with Gasteiger partial charge in [0.15, 0.2) is 0 Å². The third-order valence-corrected chi connectivity index (χ3v) is 3.79. The number of rotatable bonds is 3. The minimum atomic E-state index is -0.526. The van der Waals surface area contributed by atoms with Gasteiger partial charge < -0.3 is 15.5 Å². The second kappa shape index (κ2) is 8.36. The van der Waals surface area contributed by atoms with Crippen LogP contribution in [0.4, 0.5) is 0 Å². The Labute approximate surface area is 141 Å². The highest BCUT2D eigenvalue weighted by atomic mass is 35.5. The summed E-state index contributed by atoms with van der Waals surface area (Å²) in [5.41, 5.74) is 0.998. The molecular formula is C15H21Cl2N3O2. The standard InChI is InChI=1S/C15H20ClN3O2.ClH/c1-10(18-11(2)20)15(21)19-7-6-17-9-14(19)12-4-3-5-13(16)8-12;/h3-5,8,10,14,17H,6-7,9H2,1-2H3,(H,18,20);1H.